The van der Waals surface area contributed by atoms with Gasteiger partial charge in [-0.05, 0) is 54.8 Å². The third-order valence-electron chi connectivity index (χ3n) is 6.59. The average molecular weight is 591 g/mol. The van der Waals surface area contributed by atoms with Crippen molar-refractivity contribution < 1.29 is 32.2 Å². The predicted octanol–water partition coefficient (Wildman–Crippen LogP) is 4.07. The molecule has 40 heavy (non-hydrogen) atoms. The summed E-state index contributed by atoms with van der Waals surface area (Å²) < 4.78 is 48.3. The third-order valence-corrected chi connectivity index (χ3v) is 9.35. The lowest BCUT2D eigenvalue weighted by atomic mass is 9.99. The first kappa shape index (κ1) is 29.3. The predicted molar refractivity (Wildman–Crippen MR) is 151 cm³/mol. The fourth-order valence-corrected chi connectivity index (χ4v) is 6.31. The zero-order valence-electron chi connectivity index (χ0n) is 22.2. The summed E-state index contributed by atoms with van der Waals surface area (Å²) in [4.78, 5) is 29.4. The Morgan fingerprint density at radius 2 is 1.95 bits per heavy atom. The van der Waals surface area contributed by atoms with Gasteiger partial charge in [0.1, 0.15) is 16.1 Å². The second kappa shape index (κ2) is 12.2. The molecular formula is C27H31FN4O6S2. The molecule has 1 aliphatic heterocycles. The summed E-state index contributed by atoms with van der Waals surface area (Å²) in [5.41, 5.74) is 0.615. The van der Waals surface area contributed by atoms with Gasteiger partial charge in [-0.3, -0.25) is 9.52 Å². The van der Waals surface area contributed by atoms with Crippen molar-refractivity contribution in [1.82, 2.24) is 9.80 Å². The number of thiophene rings is 1. The minimum absolute atomic E-state index is 0.0339. The van der Waals surface area contributed by atoms with Gasteiger partial charge in [-0.2, -0.15) is 0 Å². The van der Waals surface area contributed by atoms with E-state index in [2.05, 4.69) is 10.0 Å². The van der Waals surface area contributed by atoms with Gasteiger partial charge in [0.2, 0.25) is 0 Å². The van der Waals surface area contributed by atoms with E-state index >= 15 is 0 Å². The van der Waals surface area contributed by atoms with Gasteiger partial charge in [-0.15, -0.1) is 11.3 Å². The van der Waals surface area contributed by atoms with Crippen LogP contribution in [0.25, 0.3) is 0 Å². The number of ether oxygens (including phenoxy) is 1. The minimum atomic E-state index is -3.96. The van der Waals surface area contributed by atoms with Crippen LogP contribution in [-0.2, 0) is 10.0 Å². The number of aliphatic hydroxyl groups is 1. The molecule has 214 valence electrons. The molecule has 3 amide bonds. The number of rotatable bonds is 8. The van der Waals surface area contributed by atoms with E-state index < -0.39 is 39.9 Å². The number of urea groups is 1. The maximum Gasteiger partial charge on any atom is 0.321 e. The topological polar surface area (TPSA) is 128 Å². The lowest BCUT2D eigenvalue weighted by Crippen LogP contribution is -2.50. The third kappa shape index (κ3) is 6.54. The molecule has 2 heterocycles. The maximum absolute atomic E-state index is 13.6. The summed E-state index contributed by atoms with van der Waals surface area (Å²) in [5, 5.41) is 14.2. The molecule has 0 fully saturated rings. The maximum atomic E-state index is 13.6. The smallest absolute Gasteiger partial charge is 0.321 e. The van der Waals surface area contributed by atoms with Gasteiger partial charge in [-0.25, -0.2) is 17.6 Å². The number of nitrogens with zero attached hydrogens (tertiary/aromatic N) is 2. The highest BCUT2D eigenvalue weighted by atomic mass is 32.2. The Morgan fingerprint density at radius 3 is 2.60 bits per heavy atom. The second-order valence-electron chi connectivity index (χ2n) is 9.66. The second-order valence-corrected chi connectivity index (χ2v) is 12.5. The number of para-hydroxylation sites is 1. The van der Waals surface area contributed by atoms with Crippen LogP contribution in [0.3, 0.4) is 0 Å². The monoisotopic (exact) mass is 590 g/mol. The summed E-state index contributed by atoms with van der Waals surface area (Å²) in [6, 6.07) is 12.1. The SMILES string of the molecule is C[C@H](CO)N1C[C@H](C)[C@H](CN(C)C(=O)Nc2ccc(F)cc2)Oc2c(NS(=O)(=O)c3cccs3)cccc2C1=O. The van der Waals surface area contributed by atoms with Gasteiger partial charge >= 0.3 is 6.03 Å². The van der Waals surface area contributed by atoms with Crippen LogP contribution in [0.2, 0.25) is 0 Å². The lowest BCUT2D eigenvalue weighted by Gasteiger charge is -2.38. The highest BCUT2D eigenvalue weighted by Gasteiger charge is 2.35. The summed E-state index contributed by atoms with van der Waals surface area (Å²) in [6.45, 7) is 3.60. The number of hydrogen-bond acceptors (Lipinski definition) is 7. The van der Waals surface area contributed by atoms with Crippen LogP contribution in [0, 0.1) is 11.7 Å². The van der Waals surface area contributed by atoms with E-state index in [1.165, 1.54) is 52.3 Å². The molecule has 1 aliphatic rings. The molecule has 2 aromatic carbocycles. The number of aliphatic hydroxyl groups excluding tert-OH is 1. The molecule has 0 saturated carbocycles. The normalized spacial score (nSPS) is 18.1. The van der Waals surface area contributed by atoms with Gasteiger partial charge in [0.25, 0.3) is 15.9 Å². The number of carbonyl (C=O) groups excluding carboxylic acids is 2. The number of fused-ring (bicyclic) bond motifs is 1. The van der Waals surface area contributed by atoms with Gasteiger partial charge in [-0.1, -0.05) is 19.1 Å². The molecule has 4 rings (SSSR count). The van der Waals surface area contributed by atoms with E-state index in [4.69, 9.17) is 4.74 Å². The molecule has 0 bridgehead atoms. The quantitative estimate of drug-likeness (QED) is 0.363. The van der Waals surface area contributed by atoms with E-state index in [1.807, 2.05) is 6.92 Å². The number of nitrogens with one attached hydrogen (secondary N) is 2. The number of carbonyl (C=O) groups is 2. The molecule has 0 saturated heterocycles. The van der Waals surface area contributed by atoms with Crippen molar-refractivity contribution >= 4 is 44.7 Å². The van der Waals surface area contributed by atoms with Crippen LogP contribution in [0.4, 0.5) is 20.6 Å². The van der Waals surface area contributed by atoms with Gasteiger partial charge in [0, 0.05) is 25.2 Å². The first-order chi connectivity index (χ1) is 19.0. The number of benzene rings is 2. The highest BCUT2D eigenvalue weighted by Crippen LogP contribution is 2.36. The summed E-state index contributed by atoms with van der Waals surface area (Å²) in [7, 11) is -2.39. The van der Waals surface area contributed by atoms with Crippen molar-refractivity contribution in [2.45, 2.75) is 30.2 Å². The first-order valence-electron chi connectivity index (χ1n) is 12.6. The van der Waals surface area contributed by atoms with E-state index in [0.717, 1.165) is 11.3 Å². The molecule has 1 aromatic heterocycles. The van der Waals surface area contributed by atoms with Crippen molar-refractivity contribution in [3.8, 4) is 5.75 Å². The Bertz CT molecular complexity index is 1450. The molecule has 3 atom stereocenters. The van der Waals surface area contributed by atoms with Crippen LogP contribution < -0.4 is 14.8 Å². The van der Waals surface area contributed by atoms with Crippen LogP contribution in [0.15, 0.2) is 64.2 Å². The number of amides is 3. The lowest BCUT2D eigenvalue weighted by molar-refractivity contribution is 0.0373. The van der Waals surface area contributed by atoms with Crippen molar-refractivity contribution in [3.63, 3.8) is 0 Å². The minimum Gasteiger partial charge on any atom is -0.485 e. The zero-order chi connectivity index (χ0) is 29.0. The Kier molecular flexibility index (Phi) is 8.96. The van der Waals surface area contributed by atoms with Crippen LogP contribution in [-0.4, -0.2) is 74.2 Å². The summed E-state index contributed by atoms with van der Waals surface area (Å²) in [6.07, 6.45) is -0.670. The molecule has 0 radical (unpaired) electrons. The molecule has 0 unspecified atom stereocenters. The summed E-state index contributed by atoms with van der Waals surface area (Å²) in [5.74, 6) is -1.13. The Morgan fingerprint density at radius 1 is 1.23 bits per heavy atom. The van der Waals surface area contributed by atoms with E-state index in [0.29, 0.717) is 5.69 Å². The number of sulfonamides is 1. The van der Waals surface area contributed by atoms with Crippen molar-refractivity contribution in [2.75, 3.05) is 36.8 Å². The highest BCUT2D eigenvalue weighted by molar-refractivity contribution is 7.94. The zero-order valence-corrected chi connectivity index (χ0v) is 23.8. The van der Waals surface area contributed by atoms with Gasteiger partial charge in [0.15, 0.2) is 5.75 Å². The van der Waals surface area contributed by atoms with Crippen molar-refractivity contribution in [2.24, 2.45) is 5.92 Å². The largest absolute Gasteiger partial charge is 0.485 e. The fraction of sp³-hybridized carbons (Fsp3) is 0.333. The number of likely N-dealkylation sites (N-methyl/N-ethyl adjacent to an activating group) is 1. The Hall–Kier alpha value is -3.68. The fourth-order valence-electron chi connectivity index (χ4n) is 4.26. The molecule has 10 nitrogen and oxygen atoms in total. The van der Waals surface area contributed by atoms with Gasteiger partial charge < -0.3 is 25.0 Å². The Balaban J connectivity index is 1.67. The standard InChI is InChI=1S/C27H31FN4O6S2/c1-17-14-32(18(2)16-33)26(34)21-6-4-7-22(30-40(36,37)24-8-5-13-39-24)25(21)38-23(17)15-31(3)27(35)29-20-11-9-19(28)10-12-20/h4-13,17-18,23,30,33H,14-16H2,1-3H3,(H,29,35)/t17-,18+,23-/m0/s1. The number of anilines is 2. The van der Waals surface area contributed by atoms with E-state index in [9.17, 15) is 27.5 Å². The molecule has 3 N–H and O–H groups in total. The molecule has 3 aromatic rings. The molecular weight excluding hydrogens is 559 g/mol. The van der Waals surface area contributed by atoms with Crippen molar-refractivity contribution in [1.29, 1.82) is 0 Å². The van der Waals surface area contributed by atoms with Crippen LogP contribution in [0.5, 0.6) is 5.75 Å². The average Bonchev–Trinajstić information content (AvgIpc) is 3.48. The summed E-state index contributed by atoms with van der Waals surface area (Å²) >= 11 is 1.05. The number of hydrogen-bond donors (Lipinski definition) is 3. The van der Waals surface area contributed by atoms with Crippen molar-refractivity contribution in [3.05, 3.63) is 71.4 Å². The molecule has 0 aliphatic carbocycles. The van der Waals surface area contributed by atoms with Crippen LogP contribution >= 0.6 is 11.3 Å². The number of halogens is 1. The molecule has 13 heteroatoms. The van der Waals surface area contributed by atoms with Gasteiger partial charge in [0.05, 0.1) is 30.4 Å². The van der Waals surface area contributed by atoms with Crippen LogP contribution in [0.1, 0.15) is 24.2 Å². The van der Waals surface area contributed by atoms with E-state index in [1.54, 1.807) is 31.5 Å². The molecule has 0 spiro atoms. The Labute approximate surface area is 236 Å². The van der Waals surface area contributed by atoms with E-state index in [-0.39, 0.29) is 46.8 Å². The first-order valence-corrected chi connectivity index (χ1v) is 14.9.